The van der Waals surface area contributed by atoms with Gasteiger partial charge in [0.1, 0.15) is 11.1 Å². The van der Waals surface area contributed by atoms with Crippen molar-refractivity contribution in [2.75, 3.05) is 26.7 Å². The smallest absolute Gasteiger partial charge is 0.410 e. The minimum atomic E-state index is -0.464. The van der Waals surface area contributed by atoms with Gasteiger partial charge in [-0.15, -0.1) is 5.10 Å². The van der Waals surface area contributed by atoms with E-state index in [9.17, 15) is 9.59 Å². The number of ether oxygens (including phenoxy) is 1. The summed E-state index contributed by atoms with van der Waals surface area (Å²) >= 11 is 0. The summed E-state index contributed by atoms with van der Waals surface area (Å²) in [7, 11) is 3.50. The van der Waals surface area contributed by atoms with Crippen molar-refractivity contribution in [1.82, 2.24) is 29.8 Å². The first kappa shape index (κ1) is 15.8. The first-order chi connectivity index (χ1) is 12.0. The summed E-state index contributed by atoms with van der Waals surface area (Å²) in [6.07, 6.45) is 3.51. The van der Waals surface area contributed by atoms with E-state index in [0.717, 1.165) is 12.8 Å². The van der Waals surface area contributed by atoms with Crippen molar-refractivity contribution in [3.63, 3.8) is 0 Å². The van der Waals surface area contributed by atoms with Crippen molar-refractivity contribution in [2.45, 2.75) is 24.9 Å². The van der Waals surface area contributed by atoms with Crippen molar-refractivity contribution in [3.8, 4) is 0 Å². The average Bonchev–Trinajstić information content (AvgIpc) is 3.01. The van der Waals surface area contributed by atoms with Crippen LogP contribution in [0.4, 0.5) is 4.79 Å². The van der Waals surface area contributed by atoms with Crippen molar-refractivity contribution in [3.05, 3.63) is 17.8 Å². The van der Waals surface area contributed by atoms with Gasteiger partial charge in [0.2, 0.25) is 0 Å². The fourth-order valence-electron chi connectivity index (χ4n) is 3.65. The van der Waals surface area contributed by atoms with E-state index < -0.39 is 5.60 Å². The summed E-state index contributed by atoms with van der Waals surface area (Å²) in [4.78, 5) is 32.3. The van der Waals surface area contributed by atoms with E-state index in [-0.39, 0.29) is 12.0 Å². The van der Waals surface area contributed by atoms with Gasteiger partial charge in [-0.2, -0.15) is 0 Å². The van der Waals surface area contributed by atoms with E-state index >= 15 is 0 Å². The Kier molecular flexibility index (Phi) is 3.59. The first-order valence-corrected chi connectivity index (χ1v) is 8.36. The first-order valence-electron chi connectivity index (χ1n) is 8.36. The number of carbonyl (C=O) groups excluding carboxylic acids is 2. The third-order valence-electron chi connectivity index (χ3n) is 5.01. The summed E-state index contributed by atoms with van der Waals surface area (Å²) in [6, 6.07) is 1.72. The Morgan fingerprint density at radius 1 is 1.28 bits per heavy atom. The minimum absolute atomic E-state index is 0.0743. The Morgan fingerprint density at radius 2 is 2.12 bits per heavy atom. The number of hydrogen-bond acceptors (Lipinski definition) is 6. The lowest BCUT2D eigenvalue weighted by Gasteiger charge is -2.25. The molecule has 9 nitrogen and oxygen atoms in total. The SMILES string of the molecule is CN1CC2(CCCN(C(=O)c3cnc4c(c3)nnn4C)CC2)OC1=O. The largest absolute Gasteiger partial charge is 0.441 e. The number of likely N-dealkylation sites (tertiary alicyclic amines) is 1. The van der Waals surface area contributed by atoms with Gasteiger partial charge in [-0.05, 0) is 18.9 Å². The van der Waals surface area contributed by atoms with Gasteiger partial charge in [0.05, 0.1) is 12.1 Å². The number of rotatable bonds is 1. The van der Waals surface area contributed by atoms with Gasteiger partial charge in [0.15, 0.2) is 5.65 Å². The van der Waals surface area contributed by atoms with E-state index in [2.05, 4.69) is 15.3 Å². The minimum Gasteiger partial charge on any atom is -0.441 e. The number of fused-ring (bicyclic) bond motifs is 1. The highest BCUT2D eigenvalue weighted by Gasteiger charge is 2.44. The molecule has 2 aromatic heterocycles. The predicted molar refractivity (Wildman–Crippen MR) is 87.9 cm³/mol. The number of likely N-dealkylation sites (N-methyl/N-ethyl adjacent to an activating group) is 1. The molecule has 25 heavy (non-hydrogen) atoms. The average molecular weight is 344 g/mol. The molecule has 1 atom stereocenters. The van der Waals surface area contributed by atoms with Crippen LogP contribution in [0.15, 0.2) is 12.3 Å². The maximum absolute atomic E-state index is 12.8. The topological polar surface area (TPSA) is 93.5 Å². The molecule has 2 saturated heterocycles. The molecule has 2 aromatic rings. The molecule has 9 heteroatoms. The molecule has 0 aromatic carbocycles. The molecule has 2 aliphatic rings. The number of aromatic nitrogens is 4. The number of aryl methyl sites for hydroxylation is 1. The van der Waals surface area contributed by atoms with Crippen LogP contribution >= 0.6 is 0 Å². The number of amides is 2. The van der Waals surface area contributed by atoms with Crippen LogP contribution < -0.4 is 0 Å². The molecule has 0 saturated carbocycles. The lowest BCUT2D eigenvalue weighted by Crippen LogP contribution is -2.36. The molecule has 0 N–H and O–H groups in total. The summed E-state index contributed by atoms with van der Waals surface area (Å²) < 4.78 is 7.17. The van der Waals surface area contributed by atoms with Crippen LogP contribution in [-0.2, 0) is 11.8 Å². The van der Waals surface area contributed by atoms with Crippen LogP contribution in [0.5, 0.6) is 0 Å². The lowest BCUT2D eigenvalue weighted by molar-refractivity contribution is 0.0438. The van der Waals surface area contributed by atoms with E-state index in [1.165, 1.54) is 0 Å². The molecule has 2 fully saturated rings. The number of pyridine rings is 1. The normalized spacial score (nSPS) is 24.0. The molecule has 1 unspecified atom stereocenters. The van der Waals surface area contributed by atoms with E-state index in [1.54, 1.807) is 40.8 Å². The monoisotopic (exact) mass is 344 g/mol. The quantitative estimate of drug-likeness (QED) is 0.760. The standard InChI is InChI=1S/C16H20N6O3/c1-20-10-16(25-15(20)24)4-3-6-22(7-5-16)14(23)11-8-12-13(17-9-11)21(2)19-18-12/h8-9H,3-7,10H2,1-2H3. The fourth-order valence-corrected chi connectivity index (χ4v) is 3.65. The Balaban J connectivity index is 1.51. The Labute approximate surface area is 144 Å². The second-order valence-electron chi connectivity index (χ2n) is 6.83. The van der Waals surface area contributed by atoms with Crippen LogP contribution in [0.1, 0.15) is 29.6 Å². The van der Waals surface area contributed by atoms with Gasteiger partial charge < -0.3 is 14.5 Å². The molecule has 0 aliphatic carbocycles. The third kappa shape index (κ3) is 2.69. The predicted octanol–water partition coefficient (Wildman–Crippen LogP) is 0.810. The second-order valence-corrected chi connectivity index (χ2v) is 6.83. The Bertz CT molecular complexity index is 850. The zero-order chi connectivity index (χ0) is 17.6. The highest BCUT2D eigenvalue weighted by atomic mass is 16.6. The molecule has 132 valence electrons. The Morgan fingerprint density at radius 3 is 2.88 bits per heavy atom. The van der Waals surface area contributed by atoms with Crippen molar-refractivity contribution in [2.24, 2.45) is 7.05 Å². The molecular formula is C16H20N6O3. The molecule has 4 rings (SSSR count). The maximum atomic E-state index is 12.8. The summed E-state index contributed by atoms with van der Waals surface area (Å²) in [5.74, 6) is -0.0743. The van der Waals surface area contributed by atoms with E-state index in [1.807, 2.05) is 0 Å². The maximum Gasteiger partial charge on any atom is 0.410 e. The molecule has 0 bridgehead atoms. The van der Waals surface area contributed by atoms with Crippen molar-refractivity contribution >= 4 is 23.2 Å². The van der Waals surface area contributed by atoms with Gasteiger partial charge in [0, 0.05) is 39.8 Å². The molecule has 2 aliphatic heterocycles. The van der Waals surface area contributed by atoms with E-state index in [4.69, 9.17) is 4.74 Å². The van der Waals surface area contributed by atoms with Crippen LogP contribution in [0.3, 0.4) is 0 Å². The fraction of sp³-hybridized carbons (Fsp3) is 0.562. The summed E-state index contributed by atoms with van der Waals surface area (Å²) in [5.41, 5.74) is 1.29. The highest BCUT2D eigenvalue weighted by Crippen LogP contribution is 2.32. The summed E-state index contributed by atoms with van der Waals surface area (Å²) in [6.45, 7) is 1.78. The third-order valence-corrected chi connectivity index (χ3v) is 5.01. The van der Waals surface area contributed by atoms with Crippen LogP contribution in [-0.4, -0.2) is 74.1 Å². The van der Waals surface area contributed by atoms with Gasteiger partial charge in [-0.25, -0.2) is 14.5 Å². The number of carbonyl (C=O) groups is 2. The molecule has 1 spiro atoms. The summed E-state index contributed by atoms with van der Waals surface area (Å²) in [5, 5.41) is 7.93. The molecule has 0 radical (unpaired) electrons. The zero-order valence-corrected chi connectivity index (χ0v) is 14.3. The highest BCUT2D eigenvalue weighted by molar-refractivity contribution is 5.96. The number of nitrogens with zero attached hydrogens (tertiary/aromatic N) is 6. The van der Waals surface area contributed by atoms with Gasteiger partial charge in [-0.3, -0.25) is 4.79 Å². The van der Waals surface area contributed by atoms with Gasteiger partial charge >= 0.3 is 6.09 Å². The van der Waals surface area contributed by atoms with Crippen molar-refractivity contribution < 1.29 is 14.3 Å². The molecule has 4 heterocycles. The van der Waals surface area contributed by atoms with Gasteiger partial charge in [0.25, 0.3) is 5.91 Å². The van der Waals surface area contributed by atoms with Gasteiger partial charge in [-0.1, -0.05) is 5.21 Å². The molecule has 2 amide bonds. The zero-order valence-electron chi connectivity index (χ0n) is 14.3. The van der Waals surface area contributed by atoms with Crippen LogP contribution in [0, 0.1) is 0 Å². The number of hydrogen-bond donors (Lipinski definition) is 0. The van der Waals surface area contributed by atoms with Crippen molar-refractivity contribution in [1.29, 1.82) is 0 Å². The van der Waals surface area contributed by atoms with Crippen LogP contribution in [0.2, 0.25) is 0 Å². The lowest BCUT2D eigenvalue weighted by atomic mass is 9.95. The van der Waals surface area contributed by atoms with E-state index in [0.29, 0.717) is 42.8 Å². The Hall–Kier alpha value is -2.71. The second kappa shape index (κ2) is 5.68. The van der Waals surface area contributed by atoms with Crippen LogP contribution in [0.25, 0.3) is 11.2 Å². The molecular weight excluding hydrogens is 324 g/mol.